The summed E-state index contributed by atoms with van der Waals surface area (Å²) in [4.78, 5) is 7.91. The van der Waals surface area contributed by atoms with Gasteiger partial charge in [0.2, 0.25) is 6.71 Å². The van der Waals surface area contributed by atoms with Crippen molar-refractivity contribution in [1.82, 2.24) is 9.97 Å². The summed E-state index contributed by atoms with van der Waals surface area (Å²) < 4.78 is 1.15. The van der Waals surface area contributed by atoms with Crippen LogP contribution in [0.3, 0.4) is 0 Å². The zero-order chi connectivity index (χ0) is 26.4. The molecule has 4 aromatic rings. The summed E-state index contributed by atoms with van der Waals surface area (Å²) in [6.07, 6.45) is 16.1. The van der Waals surface area contributed by atoms with E-state index in [2.05, 4.69) is 112 Å². The fourth-order valence-corrected chi connectivity index (χ4v) is 6.14. The highest BCUT2D eigenvalue weighted by Crippen LogP contribution is 2.31. The van der Waals surface area contributed by atoms with Crippen LogP contribution in [0.25, 0.3) is 0 Å². The smallest absolute Gasteiger partial charge is 0.212 e. The number of imidazole rings is 1. The van der Waals surface area contributed by atoms with Crippen molar-refractivity contribution in [3.8, 4) is 0 Å². The minimum atomic E-state index is 0.586. The summed E-state index contributed by atoms with van der Waals surface area (Å²) in [5, 5.41) is 0. The first-order valence-corrected chi connectivity index (χ1v) is 15.4. The lowest BCUT2D eigenvalue weighted by atomic mass is 9.32. The number of aromatic amines is 1. The fourth-order valence-electron chi connectivity index (χ4n) is 5.71. The molecule has 1 heterocycles. The predicted molar refractivity (Wildman–Crippen MR) is 168 cm³/mol. The van der Waals surface area contributed by atoms with Gasteiger partial charge in [0.1, 0.15) is 5.82 Å². The first kappa shape index (κ1) is 28.4. The maximum Gasteiger partial charge on any atom is 0.212 e. The van der Waals surface area contributed by atoms with E-state index in [4.69, 9.17) is 0 Å². The fraction of sp³-hybridized carbons (Fsp3) is 0.382. The van der Waals surface area contributed by atoms with Gasteiger partial charge in [-0.25, -0.2) is 4.98 Å². The summed E-state index contributed by atoms with van der Waals surface area (Å²) in [7, 11) is 0. The van der Waals surface area contributed by atoms with E-state index >= 15 is 0 Å². The van der Waals surface area contributed by atoms with Crippen LogP contribution in [0.1, 0.15) is 81.8 Å². The first-order valence-electron chi connectivity index (χ1n) is 14.6. The van der Waals surface area contributed by atoms with Gasteiger partial charge in [-0.3, -0.25) is 0 Å². The number of hydrogen-bond acceptors (Lipinski definition) is 1. The van der Waals surface area contributed by atoms with Crippen LogP contribution in [0, 0.1) is 0 Å². The molecule has 0 bridgehead atoms. The van der Waals surface area contributed by atoms with Crippen molar-refractivity contribution >= 4 is 33.6 Å². The molecule has 1 saturated carbocycles. The molecular weight excluding hydrogens is 527 g/mol. The number of nitrogens with one attached hydrogen (secondary N) is 1. The molecule has 3 aromatic carbocycles. The first-order chi connectivity index (χ1) is 18.7. The van der Waals surface area contributed by atoms with Crippen LogP contribution in [0.4, 0.5) is 0 Å². The van der Waals surface area contributed by atoms with E-state index in [1.807, 2.05) is 12.3 Å². The van der Waals surface area contributed by atoms with E-state index in [1.165, 1.54) is 80.0 Å². The normalized spacial score (nSPS) is 13.5. The Morgan fingerprint density at radius 1 is 0.789 bits per heavy atom. The molecule has 0 saturated heterocycles. The second-order valence-electron chi connectivity index (χ2n) is 10.6. The molecule has 0 unspecified atom stereocenters. The molecule has 4 heteroatoms. The van der Waals surface area contributed by atoms with Crippen LogP contribution in [0.5, 0.6) is 0 Å². The number of aromatic nitrogens is 2. The number of hydrogen-bond donors (Lipinski definition) is 1. The van der Waals surface area contributed by atoms with Crippen molar-refractivity contribution < 1.29 is 0 Å². The van der Waals surface area contributed by atoms with Crippen LogP contribution in [0.2, 0.25) is 5.82 Å². The lowest BCUT2D eigenvalue weighted by molar-refractivity contribution is 0.499. The van der Waals surface area contributed by atoms with Gasteiger partial charge in [-0.2, -0.15) is 0 Å². The summed E-state index contributed by atoms with van der Waals surface area (Å²) >= 11 is 3.58. The Hall–Kier alpha value is -2.59. The van der Waals surface area contributed by atoms with E-state index in [-0.39, 0.29) is 0 Å². The Bertz CT molecular complexity index is 1150. The quantitative estimate of drug-likeness (QED) is 0.151. The molecule has 5 rings (SSSR count). The predicted octanol–water partition coefficient (Wildman–Crippen LogP) is 8.52. The van der Waals surface area contributed by atoms with E-state index in [9.17, 15) is 0 Å². The highest BCUT2D eigenvalue weighted by Gasteiger charge is 2.29. The van der Waals surface area contributed by atoms with Crippen LogP contribution >= 0.6 is 15.9 Å². The van der Waals surface area contributed by atoms with Gasteiger partial charge in [-0.1, -0.05) is 170 Å². The standard InChI is InChI=1S/C18H21B.C16H21BrN2/c1-4-10-16(11-5-1)19(17-12-6-2-7-13-17)18-14-8-3-9-15-18;1-2-3-4-5-9-14-12-18-16(19-14)11-13-8-6-7-10-15(13)17/h1-2,4-7,10-13,18H,3,8-9,14-15H2;6-8,10,12H,2-5,9,11H2,1H3,(H,18,19). The molecule has 1 fully saturated rings. The topological polar surface area (TPSA) is 28.7 Å². The lowest BCUT2D eigenvalue weighted by Crippen LogP contribution is -2.46. The zero-order valence-electron chi connectivity index (χ0n) is 22.9. The average Bonchev–Trinajstić information content (AvgIpc) is 3.42. The van der Waals surface area contributed by atoms with Gasteiger partial charge in [-0.05, 0) is 24.5 Å². The number of halogens is 1. The number of nitrogens with zero attached hydrogens (tertiary/aromatic N) is 1. The van der Waals surface area contributed by atoms with Crippen molar-refractivity contribution in [2.75, 3.05) is 0 Å². The number of rotatable bonds is 10. The molecule has 0 spiro atoms. The van der Waals surface area contributed by atoms with Gasteiger partial charge in [0.25, 0.3) is 0 Å². The zero-order valence-corrected chi connectivity index (χ0v) is 24.5. The molecule has 0 atom stereocenters. The van der Waals surface area contributed by atoms with Crippen LogP contribution in [-0.4, -0.2) is 16.7 Å². The van der Waals surface area contributed by atoms with E-state index < -0.39 is 0 Å². The second-order valence-corrected chi connectivity index (χ2v) is 11.5. The Balaban J connectivity index is 0.000000177. The molecular formula is C34H42BBrN2. The highest BCUT2D eigenvalue weighted by molar-refractivity contribution is 9.10. The van der Waals surface area contributed by atoms with E-state index in [0.717, 1.165) is 29.0 Å². The Morgan fingerprint density at radius 2 is 1.42 bits per heavy atom. The average molecular weight is 569 g/mol. The monoisotopic (exact) mass is 568 g/mol. The van der Waals surface area contributed by atoms with E-state index in [1.54, 1.807) is 0 Å². The molecule has 1 aliphatic rings. The molecule has 1 aliphatic carbocycles. The van der Waals surface area contributed by atoms with Crippen LogP contribution < -0.4 is 10.9 Å². The molecule has 0 amide bonds. The van der Waals surface area contributed by atoms with Crippen molar-refractivity contribution in [2.45, 2.75) is 83.4 Å². The Kier molecular flexibility index (Phi) is 11.8. The Morgan fingerprint density at radius 3 is 2.05 bits per heavy atom. The van der Waals surface area contributed by atoms with Crippen LogP contribution in [0.15, 0.2) is 95.6 Å². The van der Waals surface area contributed by atoms with Gasteiger partial charge in [0, 0.05) is 22.8 Å². The summed E-state index contributed by atoms with van der Waals surface area (Å²) in [5.74, 6) is 1.87. The number of unbranched alkanes of at least 4 members (excludes halogenated alkanes) is 3. The minimum Gasteiger partial charge on any atom is -0.346 e. The maximum atomic E-state index is 4.48. The van der Waals surface area contributed by atoms with Gasteiger partial charge in [0.05, 0.1) is 0 Å². The third-order valence-corrected chi connectivity index (χ3v) is 8.51. The van der Waals surface area contributed by atoms with Crippen molar-refractivity contribution in [3.05, 3.63) is 113 Å². The van der Waals surface area contributed by atoms with Gasteiger partial charge < -0.3 is 4.98 Å². The molecule has 0 aliphatic heterocycles. The third kappa shape index (κ3) is 8.73. The van der Waals surface area contributed by atoms with Crippen molar-refractivity contribution in [3.63, 3.8) is 0 Å². The van der Waals surface area contributed by atoms with Gasteiger partial charge >= 0.3 is 0 Å². The lowest BCUT2D eigenvalue weighted by Gasteiger charge is -2.28. The largest absolute Gasteiger partial charge is 0.346 e. The molecule has 1 N–H and O–H groups in total. The molecule has 198 valence electrons. The number of benzene rings is 3. The Labute approximate surface area is 238 Å². The van der Waals surface area contributed by atoms with E-state index in [0.29, 0.717) is 6.71 Å². The second kappa shape index (κ2) is 15.7. The minimum absolute atomic E-state index is 0.586. The molecule has 38 heavy (non-hydrogen) atoms. The maximum absolute atomic E-state index is 4.48. The molecule has 0 radical (unpaired) electrons. The summed E-state index contributed by atoms with van der Waals surface area (Å²) in [5.41, 5.74) is 5.51. The van der Waals surface area contributed by atoms with Crippen molar-refractivity contribution in [1.29, 1.82) is 0 Å². The van der Waals surface area contributed by atoms with Crippen LogP contribution in [-0.2, 0) is 12.8 Å². The SMILES string of the molecule is CCCCCCc1cnc(Cc2ccccc2Br)[nH]1.c1ccc(B(c2ccccc2)C2CCCCC2)cc1. The highest BCUT2D eigenvalue weighted by atomic mass is 79.9. The number of aryl methyl sites for hydroxylation is 1. The third-order valence-electron chi connectivity index (χ3n) is 7.74. The summed E-state index contributed by atoms with van der Waals surface area (Å²) in [6.45, 7) is 2.83. The van der Waals surface area contributed by atoms with Crippen molar-refractivity contribution in [2.24, 2.45) is 0 Å². The van der Waals surface area contributed by atoms with Gasteiger partial charge in [-0.15, -0.1) is 0 Å². The molecule has 1 aromatic heterocycles. The summed E-state index contributed by atoms with van der Waals surface area (Å²) in [6, 6.07) is 30.4. The molecule has 2 nitrogen and oxygen atoms in total. The number of H-pyrrole nitrogens is 1. The van der Waals surface area contributed by atoms with Gasteiger partial charge in [0.15, 0.2) is 0 Å².